The first kappa shape index (κ1) is 16.0. The van der Waals surface area contributed by atoms with Crippen molar-refractivity contribution >= 4 is 0 Å². The minimum absolute atomic E-state index is 0.287. The van der Waals surface area contributed by atoms with Crippen LogP contribution < -0.4 is 5.32 Å². The van der Waals surface area contributed by atoms with Crippen molar-refractivity contribution in [3.63, 3.8) is 0 Å². The van der Waals surface area contributed by atoms with Crippen molar-refractivity contribution in [3.8, 4) is 0 Å². The Balaban J connectivity index is 2.09. The quantitative estimate of drug-likeness (QED) is 0.941. The highest BCUT2D eigenvalue weighted by Crippen LogP contribution is 2.38. The molecule has 0 aliphatic carbocycles. The molecule has 1 aliphatic heterocycles. The summed E-state index contributed by atoms with van der Waals surface area (Å²) in [4.78, 5) is 6.18. The first-order valence-corrected chi connectivity index (χ1v) is 7.58. The van der Waals surface area contributed by atoms with Gasteiger partial charge in [0.05, 0.1) is 11.6 Å². The predicted octanol–water partition coefficient (Wildman–Crippen LogP) is 3.10. The second-order valence-corrected chi connectivity index (χ2v) is 5.56. The summed E-state index contributed by atoms with van der Waals surface area (Å²) in [5.74, 6) is 0. The van der Waals surface area contributed by atoms with Gasteiger partial charge < -0.3 is 5.32 Å². The summed E-state index contributed by atoms with van der Waals surface area (Å²) in [5.41, 5.74) is 0.494. The maximum Gasteiger partial charge on any atom is 0.416 e. The molecule has 122 valence electrons. The number of pyridine rings is 1. The summed E-state index contributed by atoms with van der Waals surface area (Å²) in [6.07, 6.45) is -1.08. The summed E-state index contributed by atoms with van der Waals surface area (Å²) in [5, 5.41) is 3.24. The molecule has 1 N–H and O–H groups in total. The summed E-state index contributed by atoms with van der Waals surface area (Å²) in [7, 11) is 0. The second kappa shape index (κ2) is 6.68. The molecule has 6 heteroatoms. The Morgan fingerprint density at radius 2 is 1.78 bits per heavy atom. The minimum atomic E-state index is -4.37. The number of nitrogens with zero attached hydrogens (tertiary/aromatic N) is 2. The molecule has 2 heterocycles. The number of alkyl halides is 3. The SMILES string of the molecule is FC(F)(F)c1ccccc1C(c1cccnc1)N1CCNCC1. The van der Waals surface area contributed by atoms with Crippen molar-refractivity contribution < 1.29 is 13.2 Å². The Morgan fingerprint density at radius 3 is 2.43 bits per heavy atom. The maximum absolute atomic E-state index is 13.4. The molecule has 1 aromatic heterocycles. The van der Waals surface area contributed by atoms with E-state index in [4.69, 9.17) is 0 Å². The van der Waals surface area contributed by atoms with Crippen LogP contribution in [0.4, 0.5) is 13.2 Å². The third-order valence-corrected chi connectivity index (χ3v) is 4.08. The monoisotopic (exact) mass is 321 g/mol. The van der Waals surface area contributed by atoms with Gasteiger partial charge in [-0.15, -0.1) is 0 Å². The Morgan fingerprint density at radius 1 is 1.04 bits per heavy atom. The van der Waals surface area contributed by atoms with E-state index < -0.39 is 17.8 Å². The zero-order valence-electron chi connectivity index (χ0n) is 12.6. The van der Waals surface area contributed by atoms with Gasteiger partial charge >= 0.3 is 6.18 Å². The topological polar surface area (TPSA) is 28.2 Å². The van der Waals surface area contributed by atoms with E-state index in [1.807, 2.05) is 6.07 Å². The van der Waals surface area contributed by atoms with Crippen LogP contribution in [0.5, 0.6) is 0 Å². The van der Waals surface area contributed by atoms with Crippen LogP contribution in [0, 0.1) is 0 Å². The van der Waals surface area contributed by atoms with Gasteiger partial charge in [0.2, 0.25) is 0 Å². The molecule has 3 rings (SSSR count). The van der Waals surface area contributed by atoms with E-state index in [9.17, 15) is 13.2 Å². The van der Waals surface area contributed by atoms with Crippen molar-refractivity contribution in [3.05, 3.63) is 65.5 Å². The summed E-state index contributed by atoms with van der Waals surface area (Å²) in [6.45, 7) is 2.94. The summed E-state index contributed by atoms with van der Waals surface area (Å²) < 4.78 is 40.3. The van der Waals surface area contributed by atoms with Crippen LogP contribution in [0.3, 0.4) is 0 Å². The molecule has 1 fully saturated rings. The van der Waals surface area contributed by atoms with Gasteiger partial charge in [-0.3, -0.25) is 9.88 Å². The van der Waals surface area contributed by atoms with Crippen molar-refractivity contribution in [2.75, 3.05) is 26.2 Å². The first-order valence-electron chi connectivity index (χ1n) is 7.58. The molecule has 0 bridgehead atoms. The standard InChI is InChI=1S/C17H18F3N3/c18-17(19,20)15-6-2-1-5-14(15)16(13-4-3-7-22-12-13)23-10-8-21-9-11-23/h1-7,12,16,21H,8-11H2. The molecule has 1 aliphatic rings. The van der Waals surface area contributed by atoms with Gasteiger partial charge in [-0.25, -0.2) is 0 Å². The number of nitrogens with one attached hydrogen (secondary N) is 1. The van der Waals surface area contributed by atoms with Crippen LogP contribution in [-0.4, -0.2) is 36.1 Å². The van der Waals surface area contributed by atoms with Gasteiger partial charge in [-0.2, -0.15) is 13.2 Å². The smallest absolute Gasteiger partial charge is 0.314 e. The molecular weight excluding hydrogens is 303 g/mol. The zero-order valence-corrected chi connectivity index (χ0v) is 12.6. The molecular formula is C17H18F3N3. The number of benzene rings is 1. The van der Waals surface area contributed by atoms with Crippen LogP contribution in [0.2, 0.25) is 0 Å². The summed E-state index contributed by atoms with van der Waals surface area (Å²) >= 11 is 0. The molecule has 23 heavy (non-hydrogen) atoms. The van der Waals surface area contributed by atoms with Crippen LogP contribution >= 0.6 is 0 Å². The Kier molecular flexibility index (Phi) is 4.63. The zero-order chi connectivity index (χ0) is 16.3. The van der Waals surface area contributed by atoms with Crippen molar-refractivity contribution in [1.29, 1.82) is 0 Å². The number of piperazine rings is 1. The fraction of sp³-hybridized carbons (Fsp3) is 0.353. The molecule has 3 nitrogen and oxygen atoms in total. The van der Waals surface area contributed by atoms with Gasteiger partial charge in [0, 0.05) is 38.6 Å². The number of aromatic nitrogens is 1. The highest BCUT2D eigenvalue weighted by atomic mass is 19.4. The van der Waals surface area contributed by atoms with Crippen molar-refractivity contribution in [2.24, 2.45) is 0 Å². The predicted molar refractivity (Wildman–Crippen MR) is 82.0 cm³/mol. The molecule has 0 radical (unpaired) electrons. The van der Waals surface area contributed by atoms with E-state index in [2.05, 4.69) is 15.2 Å². The molecule has 2 aromatic rings. The lowest BCUT2D eigenvalue weighted by Crippen LogP contribution is -2.45. The first-order chi connectivity index (χ1) is 11.1. The molecule has 1 atom stereocenters. The van der Waals surface area contributed by atoms with E-state index >= 15 is 0 Å². The largest absolute Gasteiger partial charge is 0.416 e. The van der Waals surface area contributed by atoms with E-state index in [1.165, 1.54) is 6.07 Å². The number of rotatable bonds is 3. The highest BCUT2D eigenvalue weighted by molar-refractivity contribution is 5.38. The fourth-order valence-electron chi connectivity index (χ4n) is 3.06. The number of halogens is 3. The number of hydrogen-bond acceptors (Lipinski definition) is 3. The third kappa shape index (κ3) is 3.54. The Bertz CT molecular complexity index is 637. The van der Waals surface area contributed by atoms with Crippen LogP contribution in [0.15, 0.2) is 48.8 Å². The maximum atomic E-state index is 13.4. The molecule has 1 unspecified atom stereocenters. The lowest BCUT2D eigenvalue weighted by atomic mass is 9.93. The van der Waals surface area contributed by atoms with Crippen molar-refractivity contribution in [1.82, 2.24) is 15.2 Å². The van der Waals surface area contributed by atoms with E-state index in [-0.39, 0.29) is 5.56 Å². The number of hydrogen-bond donors (Lipinski definition) is 1. The summed E-state index contributed by atoms with van der Waals surface area (Å²) in [6, 6.07) is 8.99. The van der Waals surface area contributed by atoms with Gasteiger partial charge in [0.25, 0.3) is 0 Å². The van der Waals surface area contributed by atoms with Crippen LogP contribution in [-0.2, 0) is 6.18 Å². The van der Waals surface area contributed by atoms with E-state index in [0.29, 0.717) is 13.1 Å². The van der Waals surface area contributed by atoms with Gasteiger partial charge in [0.1, 0.15) is 0 Å². The Labute approximate surface area is 133 Å². The molecule has 0 spiro atoms. The average Bonchev–Trinajstić information content (AvgIpc) is 2.57. The van der Waals surface area contributed by atoms with Gasteiger partial charge in [0.15, 0.2) is 0 Å². The molecule has 0 saturated carbocycles. The molecule has 1 saturated heterocycles. The van der Waals surface area contributed by atoms with Crippen LogP contribution in [0.1, 0.15) is 22.7 Å². The average molecular weight is 321 g/mol. The highest BCUT2D eigenvalue weighted by Gasteiger charge is 2.37. The minimum Gasteiger partial charge on any atom is -0.314 e. The van der Waals surface area contributed by atoms with Crippen molar-refractivity contribution in [2.45, 2.75) is 12.2 Å². The normalized spacial score (nSPS) is 17.9. The Hall–Kier alpha value is -1.92. The van der Waals surface area contributed by atoms with Gasteiger partial charge in [-0.1, -0.05) is 24.3 Å². The van der Waals surface area contributed by atoms with E-state index in [0.717, 1.165) is 24.7 Å². The fourth-order valence-corrected chi connectivity index (χ4v) is 3.06. The van der Waals surface area contributed by atoms with Crippen LogP contribution in [0.25, 0.3) is 0 Å². The second-order valence-electron chi connectivity index (χ2n) is 5.56. The van der Waals surface area contributed by atoms with Gasteiger partial charge in [-0.05, 0) is 23.3 Å². The molecule has 0 amide bonds. The third-order valence-electron chi connectivity index (χ3n) is 4.08. The van der Waals surface area contributed by atoms with E-state index in [1.54, 1.807) is 30.6 Å². The lowest BCUT2D eigenvalue weighted by Gasteiger charge is -2.36. The molecule has 1 aromatic carbocycles. The lowest BCUT2D eigenvalue weighted by molar-refractivity contribution is -0.138.